The molecule has 0 rings (SSSR count). The maximum Gasteiger partial charge on any atom is 0.315 e. The molecule has 0 aromatic carbocycles. The van der Waals surface area contributed by atoms with Crippen LogP contribution in [0.3, 0.4) is 0 Å². The Balaban J connectivity index is 4.49. The van der Waals surface area contributed by atoms with Gasteiger partial charge in [0, 0.05) is 0 Å². The molecule has 0 unspecified atom stereocenters. The summed E-state index contributed by atoms with van der Waals surface area (Å²) in [7, 11) is 0. The summed E-state index contributed by atoms with van der Waals surface area (Å²) in [6, 6.07) is 0. The smallest absolute Gasteiger partial charge is 0.244 e. The third-order valence-electron chi connectivity index (χ3n) is 0.655. The summed E-state index contributed by atoms with van der Waals surface area (Å²) in [5, 5.41) is -3.39. The molecule has 0 fully saturated rings. The van der Waals surface area contributed by atoms with Gasteiger partial charge < -0.3 is 0 Å². The molecule has 0 aromatic rings. The van der Waals surface area contributed by atoms with Gasteiger partial charge in [0.15, 0.2) is 6.67 Å². The molecule has 0 N–H and O–H groups in total. The lowest BCUT2D eigenvalue weighted by atomic mass is 10.4. The average Bonchev–Trinajstić information content (AvgIpc) is 1.86. The molecule has 0 aromatic heterocycles. The van der Waals surface area contributed by atoms with Crippen molar-refractivity contribution in [3.8, 4) is 0 Å². The molecule has 0 nitrogen and oxygen atoms in total. The standard InChI is InChI=1S/C4H2Cl2F4/c5-2(3(6)8)4(9,10)1-7/h1H2/b3-2+. The Bertz CT molecular complexity index is 149. The fourth-order valence-corrected chi connectivity index (χ4v) is 0.386. The van der Waals surface area contributed by atoms with Gasteiger partial charge >= 0.3 is 5.92 Å². The minimum absolute atomic E-state index is 1.60. The first kappa shape index (κ1) is 10.0. The van der Waals surface area contributed by atoms with Crippen LogP contribution in [0.5, 0.6) is 0 Å². The minimum Gasteiger partial charge on any atom is -0.244 e. The monoisotopic (exact) mass is 196 g/mol. The first-order valence-electron chi connectivity index (χ1n) is 2.07. The van der Waals surface area contributed by atoms with E-state index in [9.17, 15) is 17.6 Å². The van der Waals surface area contributed by atoms with Gasteiger partial charge in [-0.05, 0) is 11.6 Å². The lowest BCUT2D eigenvalue weighted by Gasteiger charge is -2.08. The molecule has 0 saturated carbocycles. The minimum atomic E-state index is -4.01. The molecular formula is C4H2Cl2F4. The van der Waals surface area contributed by atoms with Crippen molar-refractivity contribution in [2.75, 3.05) is 6.67 Å². The highest BCUT2D eigenvalue weighted by Gasteiger charge is 2.36. The van der Waals surface area contributed by atoms with Crippen LogP contribution in [0.25, 0.3) is 0 Å². The van der Waals surface area contributed by atoms with E-state index in [1.165, 1.54) is 0 Å². The molecule has 0 aliphatic heterocycles. The highest BCUT2D eigenvalue weighted by atomic mass is 35.5. The van der Waals surface area contributed by atoms with Crippen LogP contribution in [-0.4, -0.2) is 12.6 Å². The quantitative estimate of drug-likeness (QED) is 0.596. The van der Waals surface area contributed by atoms with E-state index >= 15 is 0 Å². The van der Waals surface area contributed by atoms with Gasteiger partial charge in [0.1, 0.15) is 5.03 Å². The van der Waals surface area contributed by atoms with Gasteiger partial charge in [-0.15, -0.1) is 0 Å². The van der Waals surface area contributed by atoms with Gasteiger partial charge in [0.2, 0.25) is 5.29 Å². The van der Waals surface area contributed by atoms with Crippen molar-refractivity contribution in [2.45, 2.75) is 5.92 Å². The van der Waals surface area contributed by atoms with E-state index in [1.807, 2.05) is 0 Å². The fourth-order valence-electron chi connectivity index (χ4n) is 0.197. The number of hydrogen-bond donors (Lipinski definition) is 0. The molecule has 0 aliphatic carbocycles. The summed E-state index contributed by atoms with van der Waals surface area (Å²) in [6.07, 6.45) is 0. The number of alkyl halides is 3. The van der Waals surface area contributed by atoms with Crippen LogP contribution in [0.15, 0.2) is 10.3 Å². The zero-order chi connectivity index (χ0) is 8.36. The van der Waals surface area contributed by atoms with Crippen molar-refractivity contribution in [3.05, 3.63) is 10.3 Å². The lowest BCUT2D eigenvalue weighted by Crippen LogP contribution is -2.19. The Kier molecular flexibility index (Phi) is 3.45. The molecule has 0 bridgehead atoms. The molecule has 0 atom stereocenters. The molecule has 6 heteroatoms. The van der Waals surface area contributed by atoms with E-state index in [4.69, 9.17) is 0 Å². The Hall–Kier alpha value is 0.0400. The van der Waals surface area contributed by atoms with Crippen LogP contribution in [0.4, 0.5) is 17.6 Å². The van der Waals surface area contributed by atoms with E-state index in [0.717, 1.165) is 0 Å². The van der Waals surface area contributed by atoms with Crippen molar-refractivity contribution >= 4 is 23.2 Å². The summed E-state index contributed by atoms with van der Waals surface area (Å²) < 4.78 is 46.7. The number of allylic oxidation sites excluding steroid dienone is 1. The summed E-state index contributed by atoms with van der Waals surface area (Å²) in [4.78, 5) is 0. The second-order valence-corrected chi connectivity index (χ2v) is 2.12. The SMILES string of the molecule is FCC(F)(F)/C(Cl)=C(\F)Cl. The normalized spacial score (nSPS) is 15.0. The number of hydrogen-bond acceptors (Lipinski definition) is 0. The topological polar surface area (TPSA) is 0 Å². The van der Waals surface area contributed by atoms with Crippen LogP contribution >= 0.6 is 23.2 Å². The van der Waals surface area contributed by atoms with Gasteiger partial charge in [-0.3, -0.25) is 0 Å². The molecule has 0 spiro atoms. The van der Waals surface area contributed by atoms with Gasteiger partial charge in [-0.1, -0.05) is 11.6 Å². The third-order valence-corrected chi connectivity index (χ3v) is 1.38. The second kappa shape index (κ2) is 3.44. The Morgan fingerprint density at radius 1 is 1.30 bits per heavy atom. The van der Waals surface area contributed by atoms with Gasteiger partial charge in [0.25, 0.3) is 0 Å². The third kappa shape index (κ3) is 2.34. The van der Waals surface area contributed by atoms with Crippen LogP contribution in [-0.2, 0) is 0 Å². The van der Waals surface area contributed by atoms with Crippen molar-refractivity contribution in [3.63, 3.8) is 0 Å². The summed E-state index contributed by atoms with van der Waals surface area (Å²) in [5.74, 6) is -4.01. The molecular weight excluding hydrogens is 195 g/mol. The van der Waals surface area contributed by atoms with E-state index in [1.54, 1.807) is 0 Å². The van der Waals surface area contributed by atoms with Crippen molar-refractivity contribution in [1.82, 2.24) is 0 Å². The van der Waals surface area contributed by atoms with Crippen molar-refractivity contribution < 1.29 is 17.6 Å². The van der Waals surface area contributed by atoms with E-state index in [-0.39, 0.29) is 0 Å². The van der Waals surface area contributed by atoms with E-state index in [2.05, 4.69) is 23.2 Å². The largest absolute Gasteiger partial charge is 0.315 e. The molecule has 0 saturated heterocycles. The zero-order valence-corrected chi connectivity index (χ0v) is 5.99. The molecule has 0 radical (unpaired) electrons. The molecule has 0 amide bonds. The highest BCUT2D eigenvalue weighted by Crippen LogP contribution is 2.32. The average molecular weight is 197 g/mol. The number of rotatable bonds is 2. The fraction of sp³-hybridized carbons (Fsp3) is 0.500. The van der Waals surface area contributed by atoms with Gasteiger partial charge in [-0.25, -0.2) is 4.39 Å². The van der Waals surface area contributed by atoms with Gasteiger partial charge in [-0.2, -0.15) is 13.2 Å². The summed E-state index contributed by atoms with van der Waals surface area (Å²) in [6.45, 7) is -2.06. The zero-order valence-electron chi connectivity index (χ0n) is 4.47. The number of halogens is 6. The van der Waals surface area contributed by atoms with Crippen molar-refractivity contribution in [2.24, 2.45) is 0 Å². The van der Waals surface area contributed by atoms with Crippen LogP contribution in [0.2, 0.25) is 0 Å². The summed E-state index contributed by atoms with van der Waals surface area (Å²) >= 11 is 9.02. The van der Waals surface area contributed by atoms with E-state index in [0.29, 0.717) is 0 Å². The maximum atomic E-state index is 11.9. The predicted octanol–water partition coefficient (Wildman–Crippen LogP) is 3.21. The van der Waals surface area contributed by atoms with Crippen LogP contribution < -0.4 is 0 Å². The van der Waals surface area contributed by atoms with Crippen LogP contribution in [0, 0.1) is 0 Å². The second-order valence-electron chi connectivity index (χ2n) is 1.41. The predicted molar refractivity (Wildman–Crippen MR) is 30.8 cm³/mol. The van der Waals surface area contributed by atoms with Crippen LogP contribution in [0.1, 0.15) is 0 Å². The summed E-state index contributed by atoms with van der Waals surface area (Å²) in [5.41, 5.74) is 0. The first-order chi connectivity index (χ1) is 4.41. The molecule has 10 heavy (non-hydrogen) atoms. The Labute approximate surface area is 64.4 Å². The Morgan fingerprint density at radius 2 is 1.70 bits per heavy atom. The maximum absolute atomic E-state index is 11.9. The molecule has 0 aliphatic rings. The molecule has 60 valence electrons. The first-order valence-corrected chi connectivity index (χ1v) is 2.82. The highest BCUT2D eigenvalue weighted by molar-refractivity contribution is 6.38. The van der Waals surface area contributed by atoms with Crippen molar-refractivity contribution in [1.29, 1.82) is 0 Å². The molecule has 0 heterocycles. The van der Waals surface area contributed by atoms with E-state index < -0.39 is 22.9 Å². The van der Waals surface area contributed by atoms with Gasteiger partial charge in [0.05, 0.1) is 0 Å². The lowest BCUT2D eigenvalue weighted by molar-refractivity contribution is 0.0213. The Morgan fingerprint density at radius 3 is 1.80 bits per heavy atom.